The highest BCUT2D eigenvalue weighted by molar-refractivity contribution is 8.16. The van der Waals surface area contributed by atoms with Crippen molar-refractivity contribution in [3.05, 3.63) is 23.8 Å². The van der Waals surface area contributed by atoms with E-state index < -0.39 is 16.0 Å². The van der Waals surface area contributed by atoms with E-state index >= 15 is 0 Å². The van der Waals surface area contributed by atoms with Crippen LogP contribution in [-0.4, -0.2) is 71.0 Å². The van der Waals surface area contributed by atoms with Gasteiger partial charge in [-0.3, -0.25) is 14.6 Å². The lowest BCUT2D eigenvalue weighted by molar-refractivity contribution is -0.0000239. The Bertz CT molecular complexity index is 810. The lowest BCUT2D eigenvalue weighted by Crippen LogP contribution is -3.00. The smallest absolute Gasteiger partial charge is 0.337 e. The van der Waals surface area contributed by atoms with Gasteiger partial charge < -0.3 is 21.9 Å². The van der Waals surface area contributed by atoms with Gasteiger partial charge in [-0.15, -0.1) is 0 Å². The summed E-state index contributed by atoms with van der Waals surface area (Å²) in [5.41, 5.74) is 0.197. The molecule has 0 amide bonds. The minimum absolute atomic E-state index is 0. The van der Waals surface area contributed by atoms with Crippen LogP contribution >= 0.6 is 11.8 Å². The monoisotopic (exact) mass is 434 g/mol. The number of benzene rings is 1. The molecule has 1 saturated heterocycles. The molecule has 3 rings (SSSR count). The second-order valence-corrected chi connectivity index (χ2v) is 8.54. The summed E-state index contributed by atoms with van der Waals surface area (Å²) in [5.74, 6) is -0.574. The minimum atomic E-state index is -3.75. The van der Waals surface area contributed by atoms with Crippen LogP contribution in [0.2, 0.25) is 0 Å². The van der Waals surface area contributed by atoms with Gasteiger partial charge in [-0.05, 0) is 24.6 Å². The predicted octanol–water partition coefficient (Wildman–Crippen LogP) is -2.06. The quantitative estimate of drug-likeness (QED) is 0.420. The van der Waals surface area contributed by atoms with E-state index in [0.717, 1.165) is 39.3 Å². The van der Waals surface area contributed by atoms with Gasteiger partial charge in [-0.25, -0.2) is 13.2 Å². The van der Waals surface area contributed by atoms with Gasteiger partial charge in [-0.1, -0.05) is 11.8 Å². The summed E-state index contributed by atoms with van der Waals surface area (Å²) in [4.78, 5) is 18.9. The Kier molecular flexibility index (Phi) is 7.92. The number of amidine groups is 1. The van der Waals surface area contributed by atoms with Crippen molar-refractivity contribution in [3.8, 4) is 0 Å². The molecule has 0 atom stereocenters. The molecule has 27 heavy (non-hydrogen) atoms. The van der Waals surface area contributed by atoms with E-state index in [0.29, 0.717) is 16.6 Å². The fourth-order valence-corrected chi connectivity index (χ4v) is 5.34. The van der Waals surface area contributed by atoms with E-state index in [1.807, 2.05) is 0 Å². The zero-order valence-electron chi connectivity index (χ0n) is 14.8. The van der Waals surface area contributed by atoms with Gasteiger partial charge in [0.05, 0.1) is 25.9 Å². The Labute approximate surface area is 169 Å². The zero-order valence-corrected chi connectivity index (χ0v) is 17.2. The minimum Gasteiger partial charge on any atom is -1.00 e. The second-order valence-electron chi connectivity index (χ2n) is 5.86. The summed E-state index contributed by atoms with van der Waals surface area (Å²) in [5, 5.41) is 0.352. The van der Waals surface area contributed by atoms with Crippen LogP contribution in [0, 0.1) is 0 Å². The van der Waals surface area contributed by atoms with E-state index in [1.165, 1.54) is 24.9 Å². The average molecular weight is 435 g/mol. The molecule has 0 bridgehead atoms. The number of sulfonamides is 1. The molecule has 2 heterocycles. The van der Waals surface area contributed by atoms with Gasteiger partial charge in [0, 0.05) is 31.1 Å². The third-order valence-electron chi connectivity index (χ3n) is 4.07. The molecule has 0 radical (unpaired) electrons. The van der Waals surface area contributed by atoms with E-state index in [4.69, 9.17) is 4.74 Å². The fraction of sp³-hybridized carbons (Fsp3) is 0.500. The summed E-state index contributed by atoms with van der Waals surface area (Å²) in [6.45, 7) is 4.82. The summed E-state index contributed by atoms with van der Waals surface area (Å²) in [6.07, 6.45) is 0.847. The van der Waals surface area contributed by atoms with Crippen molar-refractivity contribution in [3.63, 3.8) is 0 Å². The van der Waals surface area contributed by atoms with Crippen LogP contribution < -0.4 is 17.1 Å². The van der Waals surface area contributed by atoms with Gasteiger partial charge in [0.25, 0.3) is 10.0 Å². The van der Waals surface area contributed by atoms with Crippen molar-refractivity contribution >= 4 is 32.9 Å². The maximum absolute atomic E-state index is 12.4. The topological polar surface area (TPSA) is 97.3 Å². The van der Waals surface area contributed by atoms with Crippen LogP contribution in [0.5, 0.6) is 0 Å². The van der Waals surface area contributed by atoms with Crippen molar-refractivity contribution in [2.24, 2.45) is 4.99 Å². The van der Waals surface area contributed by atoms with Crippen molar-refractivity contribution in [2.75, 3.05) is 46.5 Å². The number of rotatable bonds is 5. The largest absolute Gasteiger partial charge is 1.00 e. The number of fused-ring (bicyclic) bond motifs is 1. The Balaban J connectivity index is 0.00000261. The maximum atomic E-state index is 12.4. The third-order valence-corrected chi connectivity index (χ3v) is 6.71. The summed E-state index contributed by atoms with van der Waals surface area (Å²) >= 11 is 1.25. The molecule has 1 aromatic rings. The molecule has 2 aliphatic heterocycles. The van der Waals surface area contributed by atoms with Crippen LogP contribution in [0.25, 0.3) is 0 Å². The predicted molar refractivity (Wildman–Crippen MR) is 98.1 cm³/mol. The average Bonchev–Trinajstić information content (AvgIpc) is 2.65. The number of hydrogen-bond acceptors (Lipinski definition) is 8. The Morgan fingerprint density at radius 1 is 1.37 bits per heavy atom. The number of nitrogens with zero attached hydrogens (tertiary/aromatic N) is 2. The number of carbonyl (C=O) groups is 1. The van der Waals surface area contributed by atoms with Crippen molar-refractivity contribution in [2.45, 2.75) is 16.2 Å². The molecule has 0 aromatic heterocycles. The number of carbonyl (C=O) groups excluding carboxylic acids is 1. The highest BCUT2D eigenvalue weighted by Gasteiger charge is 2.28. The molecular weight excluding hydrogens is 414 g/mol. The highest BCUT2D eigenvalue weighted by Crippen LogP contribution is 2.32. The number of aliphatic imine (C=N–C) groups is 1. The second kappa shape index (κ2) is 9.74. The lowest BCUT2D eigenvalue weighted by Gasteiger charge is -2.26. The SMILES string of the molecule is COC(=O)c1ccc2c(c1)S(=O)(=O)NC(=NCCCN1CCOCC1)S2.[Cl-]. The Hall–Kier alpha value is -1.33. The highest BCUT2D eigenvalue weighted by atomic mass is 35.5. The van der Waals surface area contributed by atoms with Crippen molar-refractivity contribution in [1.29, 1.82) is 0 Å². The van der Waals surface area contributed by atoms with Gasteiger partial charge in [0.15, 0.2) is 5.17 Å². The molecule has 1 aromatic carbocycles. The van der Waals surface area contributed by atoms with Crippen LogP contribution in [0.3, 0.4) is 0 Å². The zero-order chi connectivity index (χ0) is 18.6. The lowest BCUT2D eigenvalue weighted by atomic mass is 10.2. The first-order chi connectivity index (χ1) is 12.5. The molecule has 0 unspecified atom stereocenters. The first-order valence-corrected chi connectivity index (χ1v) is 10.6. The first kappa shape index (κ1) is 22.0. The van der Waals surface area contributed by atoms with E-state index in [2.05, 4.69) is 19.4 Å². The van der Waals surface area contributed by atoms with Crippen LogP contribution in [-0.2, 0) is 19.5 Å². The third kappa shape index (κ3) is 5.58. The molecule has 8 nitrogen and oxygen atoms in total. The van der Waals surface area contributed by atoms with Gasteiger partial charge in [-0.2, -0.15) is 0 Å². The number of ether oxygens (including phenoxy) is 2. The molecule has 150 valence electrons. The number of esters is 1. The van der Waals surface area contributed by atoms with Crippen LogP contribution in [0.1, 0.15) is 16.8 Å². The summed E-state index contributed by atoms with van der Waals surface area (Å²) < 4.78 is 37.3. The number of methoxy groups -OCH3 is 1. The Morgan fingerprint density at radius 3 is 2.81 bits per heavy atom. The standard InChI is InChI=1S/C16H21N3O5S2.ClH/c1-23-15(20)12-3-4-13-14(11-12)26(21,22)18-16(25-13)17-5-2-6-19-7-9-24-10-8-19;/h3-4,11H,2,5-10H2,1H3,(H,17,18);1H/p-1. The molecule has 1 fully saturated rings. The molecule has 0 spiro atoms. The van der Waals surface area contributed by atoms with E-state index in [9.17, 15) is 13.2 Å². The maximum Gasteiger partial charge on any atom is 0.337 e. The molecule has 1 N–H and O–H groups in total. The number of morpholine rings is 1. The first-order valence-electron chi connectivity index (χ1n) is 8.27. The summed E-state index contributed by atoms with van der Waals surface area (Å²) in [6, 6.07) is 4.48. The fourth-order valence-electron chi connectivity index (χ4n) is 2.71. The normalized spacial score (nSPS) is 20.3. The molecule has 2 aliphatic rings. The number of halogens is 1. The van der Waals surface area contributed by atoms with Crippen molar-refractivity contribution < 1.29 is 35.1 Å². The summed E-state index contributed by atoms with van der Waals surface area (Å²) in [7, 11) is -2.49. The van der Waals surface area contributed by atoms with Crippen LogP contribution in [0.4, 0.5) is 0 Å². The number of thioether (sulfide) groups is 1. The molecule has 11 heteroatoms. The van der Waals surface area contributed by atoms with Gasteiger partial charge in [0.2, 0.25) is 0 Å². The number of hydrogen-bond donors (Lipinski definition) is 1. The Morgan fingerprint density at radius 2 is 2.11 bits per heavy atom. The molecule has 0 aliphatic carbocycles. The van der Waals surface area contributed by atoms with Gasteiger partial charge >= 0.3 is 5.97 Å². The number of nitrogens with one attached hydrogen (secondary N) is 1. The van der Waals surface area contributed by atoms with Crippen molar-refractivity contribution in [1.82, 2.24) is 9.62 Å². The van der Waals surface area contributed by atoms with E-state index in [-0.39, 0.29) is 22.9 Å². The molecule has 0 saturated carbocycles. The molecular formula is C16H21ClN3O5S2-. The van der Waals surface area contributed by atoms with Gasteiger partial charge in [0.1, 0.15) is 4.90 Å². The van der Waals surface area contributed by atoms with Crippen LogP contribution in [0.15, 0.2) is 33.0 Å². The van der Waals surface area contributed by atoms with E-state index in [1.54, 1.807) is 12.1 Å².